The van der Waals surface area contributed by atoms with E-state index in [1.54, 1.807) is 56.8 Å². The molecule has 10 amide bonds. The summed E-state index contributed by atoms with van der Waals surface area (Å²) in [5.74, 6) is -5.56. The minimum absolute atomic E-state index is 0. The van der Waals surface area contributed by atoms with Crippen molar-refractivity contribution in [3.63, 3.8) is 0 Å². The van der Waals surface area contributed by atoms with E-state index in [2.05, 4.69) is 68.4 Å². The van der Waals surface area contributed by atoms with Crippen LogP contribution in [0, 0.1) is 18.3 Å². The quantitative estimate of drug-likeness (QED) is 0.0153. The number of rotatable bonds is 19. The molecule has 0 aromatic carbocycles. The number of nitrogens with one attached hydrogen (secondary N) is 9. The number of nitrogens with zero attached hydrogens (tertiary/aromatic N) is 5. The summed E-state index contributed by atoms with van der Waals surface area (Å²) in [4.78, 5) is 171. The van der Waals surface area contributed by atoms with Gasteiger partial charge in [-0.1, -0.05) is 13.8 Å². The van der Waals surface area contributed by atoms with Crippen molar-refractivity contribution in [2.24, 2.45) is 22.4 Å². The van der Waals surface area contributed by atoms with Crippen molar-refractivity contribution in [1.82, 2.24) is 67.3 Å². The van der Waals surface area contributed by atoms with Crippen LogP contribution in [0.3, 0.4) is 0 Å². The molecule has 3 aromatic heterocycles. The zero-order valence-corrected chi connectivity index (χ0v) is 49.7. The van der Waals surface area contributed by atoms with Gasteiger partial charge in [0.05, 0.1) is 12.6 Å². The predicted octanol–water partition coefficient (Wildman–Crippen LogP) is -2.08. The SMILES string of the molecule is C#CCCC(=O)NCCCC[C@H]1C(=O)N[C@@H](Cc2ccncc2)C(=O)N[C@@H](CCCN=C(N)N)C(=O)NCC(=O)N[C@@H](C[C-]=O)C(=O)N[C@@H](CC(C)C)C(=O)N[C@@H](C)C(=O)N[C@@H](Cc2c[nH]c3ncccc23)C(=O)N2CCC[C@@H]2C(=O)N1C.[Mo]. The molecule has 0 unspecified atom stereocenters. The number of carbonyl (C=O) groups is 10. The van der Waals surface area contributed by atoms with Crippen molar-refractivity contribution >= 4 is 82.4 Å². The Balaban J connectivity index is 0.0000151. The monoisotopic (exact) mass is 1250 g/mol. The number of terminal acetylenes is 1. The number of unbranched alkanes of at least 4 members (excludes halogenated alkanes) is 1. The summed E-state index contributed by atoms with van der Waals surface area (Å²) in [6.45, 7) is 4.50. The Morgan fingerprint density at radius 2 is 1.51 bits per heavy atom. The number of fused-ring (bicyclic) bond motifs is 2. The molecular weight excluding hydrogens is 1170 g/mol. The molecule has 2 aliphatic rings. The molecule has 28 heteroatoms. The van der Waals surface area contributed by atoms with Gasteiger partial charge in [0.2, 0.25) is 59.1 Å². The van der Waals surface area contributed by atoms with Gasteiger partial charge >= 0.3 is 0 Å². The van der Waals surface area contributed by atoms with E-state index in [0.29, 0.717) is 35.0 Å². The van der Waals surface area contributed by atoms with E-state index in [1.807, 2.05) is 0 Å². The minimum atomic E-state index is -1.59. The number of aliphatic imine (C=N–C) groups is 1. The van der Waals surface area contributed by atoms with Gasteiger partial charge in [0.1, 0.15) is 47.9 Å². The second kappa shape index (κ2) is 34.4. The van der Waals surface area contributed by atoms with Gasteiger partial charge < -0.3 is 73.6 Å². The van der Waals surface area contributed by atoms with E-state index < -0.39 is 114 Å². The number of amides is 10. The first-order valence-corrected chi connectivity index (χ1v) is 27.8. The Labute approximate surface area is 502 Å². The Hall–Kier alpha value is -8.27. The number of carbonyl (C=O) groups excluding carboxylic acids is 11. The third-order valence-electron chi connectivity index (χ3n) is 14.1. The summed E-state index contributed by atoms with van der Waals surface area (Å²) in [6.07, 6.45) is 13.8. The van der Waals surface area contributed by atoms with Crippen LogP contribution in [0.5, 0.6) is 0 Å². The number of aromatic amines is 1. The fourth-order valence-corrected chi connectivity index (χ4v) is 9.70. The van der Waals surface area contributed by atoms with E-state index in [-0.39, 0.29) is 123 Å². The molecule has 0 spiro atoms. The number of hydrogen-bond acceptors (Lipinski definition) is 14. The molecular formula is C56H77MoN16O11-. The number of hydrogen-bond donors (Lipinski definition) is 11. The van der Waals surface area contributed by atoms with Crippen LogP contribution in [-0.2, 0) is 86.6 Å². The molecule has 2 fully saturated rings. The normalized spacial score (nSPS) is 22.8. The zero-order chi connectivity index (χ0) is 60.6. The van der Waals surface area contributed by atoms with Gasteiger partial charge in [-0.3, -0.25) is 64.2 Å². The molecule has 454 valence electrons. The van der Waals surface area contributed by atoms with E-state index in [1.165, 1.54) is 36.2 Å². The molecule has 0 aliphatic carbocycles. The number of pyridine rings is 2. The fourth-order valence-electron chi connectivity index (χ4n) is 9.70. The van der Waals surface area contributed by atoms with Gasteiger partial charge in [-0.25, -0.2) is 4.98 Å². The van der Waals surface area contributed by atoms with Crippen LogP contribution in [0.4, 0.5) is 0 Å². The van der Waals surface area contributed by atoms with E-state index in [4.69, 9.17) is 17.9 Å². The molecule has 0 saturated carbocycles. The molecule has 5 rings (SSSR count). The van der Waals surface area contributed by atoms with Gasteiger partial charge in [0.15, 0.2) is 5.96 Å². The summed E-state index contributed by atoms with van der Waals surface area (Å²) in [5, 5.41) is 21.7. The Bertz CT molecular complexity index is 2860. The number of H-pyrrole nitrogens is 1. The summed E-state index contributed by atoms with van der Waals surface area (Å²) in [5.41, 5.74) is 12.7. The van der Waals surface area contributed by atoms with Crippen LogP contribution >= 0.6 is 0 Å². The van der Waals surface area contributed by atoms with Crippen molar-refractivity contribution < 1.29 is 73.8 Å². The van der Waals surface area contributed by atoms with Crippen molar-refractivity contribution in [1.29, 1.82) is 0 Å². The standard InChI is InChI=1S/C56H77N16O11.Mo/c1-6-7-17-45(74)60-21-9-8-15-43-53(81)69-41(29-35-18-24-59-25-19-35)52(80)67-38(14-11-23-62-56(57)58)49(77)64-32-46(75)66-39(20-27-73)50(78)68-40(28-33(2)3)51(79)65-34(4)48(76)70-42(30-36-31-63-47-37(36)13-10-22-61-47)54(82)72-26-12-16-44(72)55(83)71(43)5;/h1,10,13,18-19,22,24-25,31,33-34,38-44H,7-9,11-12,14-17,20-21,23,26,28-30,32H2,2-5H3,(H,60,74)(H,61,63)(H,64,77)(H,65,79)(H,66,75)(H,67,80)(H,68,78)(H,69,81)(H,70,76)(H4,57,58,62);/q-1;/t34-,38-,39-,40-,41-,42-,43-,44+;/m0./s1. The molecule has 8 atom stereocenters. The summed E-state index contributed by atoms with van der Waals surface area (Å²) in [7, 11) is 1.41. The van der Waals surface area contributed by atoms with Crippen LogP contribution in [0.2, 0.25) is 0 Å². The smallest absolute Gasteiger partial charge is 0.246 e. The van der Waals surface area contributed by atoms with Crippen LogP contribution < -0.4 is 54.0 Å². The molecule has 5 heterocycles. The predicted molar refractivity (Wildman–Crippen MR) is 304 cm³/mol. The maximum absolute atomic E-state index is 15.1. The van der Waals surface area contributed by atoms with Crippen molar-refractivity contribution in [2.75, 3.05) is 33.2 Å². The van der Waals surface area contributed by atoms with Crippen molar-refractivity contribution in [2.45, 2.75) is 153 Å². The van der Waals surface area contributed by atoms with Crippen LogP contribution in [-0.4, -0.2) is 178 Å². The van der Waals surface area contributed by atoms with Crippen LogP contribution in [0.25, 0.3) is 11.0 Å². The Morgan fingerprint density at radius 3 is 2.21 bits per heavy atom. The van der Waals surface area contributed by atoms with Gasteiger partial charge in [-0.05, 0) is 99.6 Å². The number of likely N-dealkylation sites (N-methyl/N-ethyl adjacent to an activating group) is 1. The van der Waals surface area contributed by atoms with Crippen molar-refractivity contribution in [3.05, 3.63) is 60.2 Å². The van der Waals surface area contributed by atoms with Gasteiger partial charge in [-0.2, -0.15) is 0 Å². The van der Waals surface area contributed by atoms with E-state index >= 15 is 9.59 Å². The number of nitrogens with two attached hydrogens (primary N) is 2. The second-order valence-electron chi connectivity index (χ2n) is 20.9. The number of guanidine groups is 1. The first-order chi connectivity index (χ1) is 39.7. The largest absolute Gasteiger partial charge is 0.542 e. The molecule has 3 aromatic rings. The third-order valence-corrected chi connectivity index (χ3v) is 14.1. The molecule has 2 saturated heterocycles. The Morgan fingerprint density at radius 1 is 0.821 bits per heavy atom. The third kappa shape index (κ3) is 20.9. The van der Waals surface area contributed by atoms with E-state index in [0.717, 1.165) is 0 Å². The van der Waals surface area contributed by atoms with E-state index in [9.17, 15) is 43.2 Å². The maximum atomic E-state index is 15.1. The van der Waals surface area contributed by atoms with Crippen LogP contribution in [0.15, 0.2) is 54.0 Å². The molecule has 2 aliphatic heterocycles. The van der Waals surface area contributed by atoms with Gasteiger partial charge in [-0.15, -0.1) is 18.8 Å². The topological polar surface area (TPSA) is 396 Å². The molecule has 0 bridgehead atoms. The fraction of sp³-hybridized carbons (Fsp3) is 0.536. The summed E-state index contributed by atoms with van der Waals surface area (Å²) in [6, 6.07) is -4.06. The second-order valence-corrected chi connectivity index (χ2v) is 20.9. The van der Waals surface area contributed by atoms with Gasteiger partial charge in [0, 0.05) is 104 Å². The molecule has 27 nitrogen and oxygen atoms in total. The van der Waals surface area contributed by atoms with Crippen LogP contribution in [0.1, 0.15) is 103 Å². The average Bonchev–Trinajstić information content (AvgIpc) is 4.22. The number of aromatic nitrogens is 3. The molecule has 84 heavy (non-hydrogen) atoms. The zero-order valence-electron chi connectivity index (χ0n) is 47.7. The average molecular weight is 1250 g/mol. The van der Waals surface area contributed by atoms with Gasteiger partial charge in [0.25, 0.3) is 0 Å². The minimum Gasteiger partial charge on any atom is -0.542 e. The van der Waals surface area contributed by atoms with Crippen molar-refractivity contribution in [3.8, 4) is 12.3 Å². The summed E-state index contributed by atoms with van der Waals surface area (Å²) >= 11 is 0. The first kappa shape index (κ1) is 68.2. The Kier molecular flexibility index (Phi) is 27.9. The molecule has 0 radical (unpaired) electrons. The first-order valence-electron chi connectivity index (χ1n) is 27.8. The maximum Gasteiger partial charge on any atom is 0.246 e. The summed E-state index contributed by atoms with van der Waals surface area (Å²) < 4.78 is 0. The molecule has 13 N–H and O–H groups in total.